The van der Waals surface area contributed by atoms with Crippen LogP contribution in [0.2, 0.25) is 5.02 Å². The second-order valence-electron chi connectivity index (χ2n) is 10.0. The third kappa shape index (κ3) is 7.86. The molecule has 3 aromatic rings. The molecular formula is C31H38ClN3O4S. The quantitative estimate of drug-likeness (QED) is 0.250. The summed E-state index contributed by atoms with van der Waals surface area (Å²) in [5, 5.41) is 3.33. The second-order valence-corrected chi connectivity index (χ2v) is 12.3. The molecule has 0 unspecified atom stereocenters. The molecular weight excluding hydrogens is 546 g/mol. The molecule has 0 bridgehead atoms. The molecule has 0 spiro atoms. The largest absolute Gasteiger partial charge is 0.354 e. The van der Waals surface area contributed by atoms with Crippen LogP contribution in [-0.2, 0) is 26.2 Å². The summed E-state index contributed by atoms with van der Waals surface area (Å²) in [6.45, 7) is 7.82. The van der Waals surface area contributed by atoms with Crippen LogP contribution in [0.5, 0.6) is 0 Å². The lowest BCUT2D eigenvalue weighted by atomic mass is 10.0. The first-order chi connectivity index (χ1) is 19.1. The zero-order chi connectivity index (χ0) is 29.3. The second kappa shape index (κ2) is 14.3. The van der Waals surface area contributed by atoms with Crippen LogP contribution in [0.1, 0.15) is 57.6 Å². The first-order valence-electron chi connectivity index (χ1n) is 13.5. The smallest absolute Gasteiger partial charge is 0.264 e. The van der Waals surface area contributed by atoms with Gasteiger partial charge in [-0.05, 0) is 60.7 Å². The van der Waals surface area contributed by atoms with Crippen LogP contribution in [0.3, 0.4) is 0 Å². The highest BCUT2D eigenvalue weighted by atomic mass is 35.5. The third-order valence-corrected chi connectivity index (χ3v) is 8.91. The van der Waals surface area contributed by atoms with Gasteiger partial charge in [-0.25, -0.2) is 8.42 Å². The number of nitrogens with zero attached hydrogens (tertiary/aromatic N) is 2. The van der Waals surface area contributed by atoms with Crippen molar-refractivity contribution in [2.75, 3.05) is 17.4 Å². The van der Waals surface area contributed by atoms with Crippen LogP contribution in [0, 0.1) is 0 Å². The van der Waals surface area contributed by atoms with E-state index in [-0.39, 0.29) is 23.3 Å². The predicted molar refractivity (Wildman–Crippen MR) is 161 cm³/mol. The zero-order valence-corrected chi connectivity index (χ0v) is 25.1. The molecule has 0 saturated carbocycles. The van der Waals surface area contributed by atoms with E-state index in [0.717, 1.165) is 22.7 Å². The molecule has 3 rings (SSSR count). The number of hydrogen-bond donors (Lipinski definition) is 1. The van der Waals surface area contributed by atoms with Crippen molar-refractivity contribution in [2.24, 2.45) is 0 Å². The fraction of sp³-hybridized carbons (Fsp3) is 0.355. The number of nitrogens with one attached hydrogen (secondary N) is 1. The SMILES string of the molecule is CCCCNC(=O)[C@H](C)N(Cc1ccccc1Cl)C(=O)CN(c1ccc(C(C)C)cc1)S(=O)(=O)c1ccccc1. The summed E-state index contributed by atoms with van der Waals surface area (Å²) in [5.41, 5.74) is 2.06. The van der Waals surface area contributed by atoms with E-state index >= 15 is 0 Å². The summed E-state index contributed by atoms with van der Waals surface area (Å²) >= 11 is 6.41. The lowest BCUT2D eigenvalue weighted by molar-refractivity contribution is -0.139. The van der Waals surface area contributed by atoms with Crippen molar-refractivity contribution in [1.29, 1.82) is 0 Å². The average molecular weight is 584 g/mol. The molecule has 1 atom stereocenters. The minimum absolute atomic E-state index is 0.0480. The van der Waals surface area contributed by atoms with E-state index in [9.17, 15) is 18.0 Å². The van der Waals surface area contributed by atoms with Gasteiger partial charge in [0.1, 0.15) is 12.6 Å². The Bertz CT molecular complexity index is 1380. The molecule has 0 radical (unpaired) electrons. The molecule has 0 saturated heterocycles. The Hall–Kier alpha value is -3.36. The number of anilines is 1. The number of carbonyl (C=O) groups is 2. The van der Waals surface area contributed by atoms with E-state index in [2.05, 4.69) is 19.2 Å². The number of halogens is 1. The predicted octanol–water partition coefficient (Wildman–Crippen LogP) is 5.99. The van der Waals surface area contributed by atoms with Crippen LogP contribution < -0.4 is 9.62 Å². The van der Waals surface area contributed by atoms with Gasteiger partial charge in [0.15, 0.2) is 0 Å². The van der Waals surface area contributed by atoms with Crippen LogP contribution in [0.4, 0.5) is 5.69 Å². The van der Waals surface area contributed by atoms with Crippen molar-refractivity contribution in [3.05, 3.63) is 95.0 Å². The number of rotatable bonds is 13. The van der Waals surface area contributed by atoms with E-state index in [4.69, 9.17) is 11.6 Å². The van der Waals surface area contributed by atoms with E-state index in [1.165, 1.54) is 17.0 Å². The summed E-state index contributed by atoms with van der Waals surface area (Å²) in [5.74, 6) is -0.578. The summed E-state index contributed by atoms with van der Waals surface area (Å²) in [4.78, 5) is 28.5. The van der Waals surface area contributed by atoms with Gasteiger partial charge in [0.25, 0.3) is 10.0 Å². The van der Waals surface area contributed by atoms with E-state index in [1.54, 1.807) is 61.5 Å². The number of unbranched alkanes of at least 4 members (excludes halogenated alkanes) is 1. The highest BCUT2D eigenvalue weighted by Gasteiger charge is 2.32. The minimum Gasteiger partial charge on any atom is -0.354 e. The van der Waals surface area contributed by atoms with E-state index in [0.29, 0.717) is 22.8 Å². The lowest BCUT2D eigenvalue weighted by Gasteiger charge is -2.32. The molecule has 40 heavy (non-hydrogen) atoms. The van der Waals surface area contributed by atoms with Gasteiger partial charge in [0.2, 0.25) is 11.8 Å². The van der Waals surface area contributed by atoms with E-state index in [1.807, 2.05) is 19.1 Å². The van der Waals surface area contributed by atoms with Crippen molar-refractivity contribution < 1.29 is 18.0 Å². The Kier molecular flexibility index (Phi) is 11.2. The maximum atomic E-state index is 14.0. The van der Waals surface area contributed by atoms with E-state index < -0.39 is 28.5 Å². The topological polar surface area (TPSA) is 86.8 Å². The molecule has 7 nitrogen and oxygen atoms in total. The van der Waals surface area contributed by atoms with Crippen LogP contribution in [-0.4, -0.2) is 44.3 Å². The maximum absolute atomic E-state index is 14.0. The molecule has 3 aromatic carbocycles. The van der Waals surface area contributed by atoms with Gasteiger partial charge < -0.3 is 10.2 Å². The highest BCUT2D eigenvalue weighted by molar-refractivity contribution is 7.92. The Labute approximate surface area is 243 Å². The first kappa shape index (κ1) is 31.2. The summed E-state index contributed by atoms with van der Waals surface area (Å²) in [7, 11) is -4.10. The maximum Gasteiger partial charge on any atom is 0.264 e. The zero-order valence-electron chi connectivity index (χ0n) is 23.5. The van der Waals surface area contributed by atoms with Crippen LogP contribution in [0.15, 0.2) is 83.8 Å². The molecule has 0 heterocycles. The summed E-state index contributed by atoms with van der Waals surface area (Å²) in [6.07, 6.45) is 1.73. The molecule has 0 fully saturated rings. The number of carbonyl (C=O) groups excluding carboxylic acids is 2. The van der Waals surface area contributed by atoms with Crippen molar-refractivity contribution in [2.45, 2.75) is 63.9 Å². The molecule has 214 valence electrons. The number of benzene rings is 3. The average Bonchev–Trinajstić information content (AvgIpc) is 2.95. The van der Waals surface area contributed by atoms with Gasteiger partial charge in [-0.1, -0.05) is 87.3 Å². The normalized spacial score (nSPS) is 12.2. The van der Waals surface area contributed by atoms with Gasteiger partial charge in [0, 0.05) is 18.1 Å². The Morgan fingerprint density at radius 3 is 2.12 bits per heavy atom. The number of amides is 2. The fourth-order valence-corrected chi connectivity index (χ4v) is 5.83. The monoisotopic (exact) mass is 583 g/mol. The molecule has 0 aliphatic heterocycles. The van der Waals surface area contributed by atoms with Crippen molar-refractivity contribution >= 4 is 39.1 Å². The van der Waals surface area contributed by atoms with Crippen molar-refractivity contribution in [3.8, 4) is 0 Å². The molecule has 2 amide bonds. The third-order valence-electron chi connectivity index (χ3n) is 6.75. The molecule has 0 aromatic heterocycles. The Balaban J connectivity index is 2.01. The lowest BCUT2D eigenvalue weighted by Crippen LogP contribution is -2.51. The molecule has 0 aliphatic rings. The minimum atomic E-state index is -4.10. The number of sulfonamides is 1. The van der Waals surface area contributed by atoms with Gasteiger partial charge in [-0.15, -0.1) is 0 Å². The first-order valence-corrected chi connectivity index (χ1v) is 15.4. The fourth-order valence-electron chi connectivity index (χ4n) is 4.20. The Morgan fingerprint density at radius 1 is 0.900 bits per heavy atom. The van der Waals surface area contributed by atoms with Gasteiger partial charge in [-0.2, -0.15) is 0 Å². The molecule has 1 N–H and O–H groups in total. The number of hydrogen-bond acceptors (Lipinski definition) is 4. The van der Waals surface area contributed by atoms with Crippen molar-refractivity contribution in [3.63, 3.8) is 0 Å². The van der Waals surface area contributed by atoms with Crippen LogP contribution in [0.25, 0.3) is 0 Å². The van der Waals surface area contributed by atoms with Gasteiger partial charge in [0.05, 0.1) is 10.6 Å². The highest BCUT2D eigenvalue weighted by Crippen LogP contribution is 2.27. The molecule has 9 heteroatoms. The van der Waals surface area contributed by atoms with Gasteiger partial charge >= 0.3 is 0 Å². The Morgan fingerprint density at radius 2 is 1.52 bits per heavy atom. The van der Waals surface area contributed by atoms with Crippen LogP contribution >= 0.6 is 11.6 Å². The standard InChI is InChI=1S/C31H38ClN3O4S/c1-5-6-20-33-31(37)24(4)34(21-26-12-10-11-15-29(26)32)30(36)22-35(27-18-16-25(17-19-27)23(2)3)40(38,39)28-13-8-7-9-14-28/h7-19,23-24H,5-6,20-22H2,1-4H3,(H,33,37)/t24-/m0/s1. The van der Waals surface area contributed by atoms with Crippen molar-refractivity contribution in [1.82, 2.24) is 10.2 Å². The van der Waals surface area contributed by atoms with Gasteiger partial charge in [-0.3, -0.25) is 13.9 Å². The molecule has 0 aliphatic carbocycles. The summed E-state index contributed by atoms with van der Waals surface area (Å²) in [6, 6.07) is 21.4. The summed E-state index contributed by atoms with van der Waals surface area (Å²) < 4.78 is 28.8.